The molecule has 1 unspecified atom stereocenters. The number of rotatable bonds is 6. The van der Waals surface area contributed by atoms with Crippen LogP contribution in [-0.2, 0) is 39.5 Å². The van der Waals surface area contributed by atoms with Crippen LogP contribution in [0.3, 0.4) is 0 Å². The van der Waals surface area contributed by atoms with Crippen LogP contribution in [0.15, 0.2) is 82.2 Å². The summed E-state index contributed by atoms with van der Waals surface area (Å²) in [4.78, 5) is 14.6. The van der Waals surface area contributed by atoms with Gasteiger partial charge in [0.2, 0.25) is 0 Å². The monoisotopic (exact) mass is 503 g/mol. The largest absolute Gasteiger partial charge is 0.359 e. The number of halogens is 2. The van der Waals surface area contributed by atoms with Crippen molar-refractivity contribution in [3.63, 3.8) is 0 Å². The first kappa shape index (κ1) is 21.7. The van der Waals surface area contributed by atoms with Crippen molar-refractivity contribution >= 4 is 32.1 Å². The van der Waals surface area contributed by atoms with Gasteiger partial charge in [-0.2, -0.15) is 8.42 Å². The lowest BCUT2D eigenvalue weighted by Gasteiger charge is -2.24. The van der Waals surface area contributed by atoms with Crippen molar-refractivity contribution < 1.29 is 21.8 Å². The molecule has 1 heterocycles. The minimum atomic E-state index is -4.82. The molecule has 0 radical (unpaired) electrons. The summed E-state index contributed by atoms with van der Waals surface area (Å²) in [5.41, 5.74) is 3.49. The van der Waals surface area contributed by atoms with E-state index in [1.54, 1.807) is 4.90 Å². The summed E-state index contributed by atoms with van der Waals surface area (Å²) in [6.45, 7) is 1.11. The number of benzene rings is 3. The minimum Gasteiger partial charge on any atom is -0.359 e. The third-order valence-corrected chi connectivity index (χ3v) is 6.81. The molecule has 31 heavy (non-hydrogen) atoms. The Balaban J connectivity index is 1.61. The highest BCUT2D eigenvalue weighted by atomic mass is 79.9. The van der Waals surface area contributed by atoms with E-state index < -0.39 is 21.2 Å². The number of hydrogen-bond acceptors (Lipinski definition) is 4. The van der Waals surface area contributed by atoms with Crippen LogP contribution in [0.1, 0.15) is 28.4 Å². The van der Waals surface area contributed by atoms with E-state index >= 15 is 0 Å². The molecular formula is C23H19BrFNO4S. The molecule has 0 saturated heterocycles. The van der Waals surface area contributed by atoms with Crippen molar-refractivity contribution in [2.45, 2.75) is 30.7 Å². The van der Waals surface area contributed by atoms with Gasteiger partial charge >= 0.3 is 10.2 Å². The Kier molecular flexibility index (Phi) is 6.22. The fourth-order valence-electron chi connectivity index (χ4n) is 3.56. The molecule has 0 aliphatic carbocycles. The average molecular weight is 504 g/mol. The Morgan fingerprint density at radius 1 is 0.968 bits per heavy atom. The topological polar surface area (TPSA) is 63.7 Å². The highest BCUT2D eigenvalue weighted by Gasteiger charge is 2.31. The number of ether oxygens (including phenoxy) is 1. The SMILES string of the molecule is O=C(C(OCc1ccccc1Br)c1ccc(S(=O)(=O)F)cc1)N1Cc2ccccc2C1. The lowest BCUT2D eigenvalue weighted by molar-refractivity contribution is -0.146. The fourth-order valence-corrected chi connectivity index (χ4v) is 4.42. The fraction of sp³-hybridized carbons (Fsp3) is 0.174. The zero-order valence-corrected chi connectivity index (χ0v) is 18.8. The van der Waals surface area contributed by atoms with Gasteiger partial charge in [-0.3, -0.25) is 4.79 Å². The van der Waals surface area contributed by atoms with E-state index in [0.29, 0.717) is 18.7 Å². The molecule has 0 N–H and O–H groups in total. The second kappa shape index (κ2) is 8.90. The van der Waals surface area contributed by atoms with Gasteiger partial charge in [-0.15, -0.1) is 3.89 Å². The van der Waals surface area contributed by atoms with Crippen LogP contribution in [0.4, 0.5) is 3.89 Å². The number of hydrogen-bond donors (Lipinski definition) is 0. The van der Waals surface area contributed by atoms with Crippen molar-refractivity contribution in [1.29, 1.82) is 0 Å². The van der Waals surface area contributed by atoms with E-state index in [1.807, 2.05) is 48.5 Å². The Morgan fingerprint density at radius 2 is 1.55 bits per heavy atom. The molecule has 0 bridgehead atoms. The summed E-state index contributed by atoms with van der Waals surface area (Å²) in [7, 11) is -4.82. The molecular weight excluding hydrogens is 485 g/mol. The molecule has 160 valence electrons. The number of carbonyl (C=O) groups excluding carboxylic acids is 1. The molecule has 8 heteroatoms. The highest BCUT2D eigenvalue weighted by Crippen LogP contribution is 2.30. The second-order valence-electron chi connectivity index (χ2n) is 7.25. The first-order valence-electron chi connectivity index (χ1n) is 9.58. The highest BCUT2D eigenvalue weighted by molar-refractivity contribution is 9.10. The lowest BCUT2D eigenvalue weighted by atomic mass is 10.1. The van der Waals surface area contributed by atoms with E-state index in [-0.39, 0.29) is 12.5 Å². The maximum Gasteiger partial charge on any atom is 0.332 e. The zero-order valence-electron chi connectivity index (χ0n) is 16.4. The summed E-state index contributed by atoms with van der Waals surface area (Å²) in [5, 5.41) is 0. The first-order valence-corrected chi connectivity index (χ1v) is 11.8. The number of carbonyl (C=O) groups is 1. The standard InChI is InChI=1S/C23H19BrFNO4S/c24-21-8-4-3-7-19(21)15-30-22(16-9-11-20(12-10-16)31(25,28)29)23(27)26-13-17-5-1-2-6-18(17)14-26/h1-12,22H,13-15H2. The summed E-state index contributed by atoms with van der Waals surface area (Å²) < 4.78 is 42.5. The van der Waals surface area contributed by atoms with Gasteiger partial charge in [0.1, 0.15) is 0 Å². The lowest BCUT2D eigenvalue weighted by Crippen LogP contribution is -2.32. The molecule has 5 nitrogen and oxygen atoms in total. The maximum atomic E-state index is 13.4. The predicted molar refractivity (Wildman–Crippen MR) is 117 cm³/mol. The first-order chi connectivity index (χ1) is 14.8. The van der Waals surface area contributed by atoms with Gasteiger partial charge in [0.15, 0.2) is 6.10 Å². The summed E-state index contributed by atoms with van der Waals surface area (Å²) in [6.07, 6.45) is -0.960. The predicted octanol–water partition coefficient (Wildman–Crippen LogP) is 4.91. The summed E-state index contributed by atoms with van der Waals surface area (Å²) >= 11 is 3.47. The molecule has 1 atom stereocenters. The normalized spacial score (nSPS) is 14.3. The molecule has 1 amide bonds. The van der Waals surface area contributed by atoms with Gasteiger partial charge in [-0.1, -0.05) is 70.5 Å². The van der Waals surface area contributed by atoms with Crippen molar-refractivity contribution in [2.75, 3.05) is 0 Å². The summed E-state index contributed by atoms with van der Waals surface area (Å²) in [5.74, 6) is -0.237. The molecule has 3 aromatic carbocycles. The second-order valence-corrected chi connectivity index (χ2v) is 9.45. The molecule has 1 aliphatic rings. The van der Waals surface area contributed by atoms with E-state index in [1.165, 1.54) is 12.1 Å². The average Bonchev–Trinajstić information content (AvgIpc) is 3.19. The van der Waals surface area contributed by atoms with Crippen LogP contribution in [0.2, 0.25) is 0 Å². The molecule has 0 saturated carbocycles. The quantitative estimate of drug-likeness (QED) is 0.448. The van der Waals surface area contributed by atoms with E-state index in [2.05, 4.69) is 15.9 Å². The van der Waals surface area contributed by atoms with Gasteiger partial charge in [0, 0.05) is 17.6 Å². The van der Waals surface area contributed by atoms with Gasteiger partial charge in [0.05, 0.1) is 11.5 Å². The van der Waals surface area contributed by atoms with Gasteiger partial charge in [0.25, 0.3) is 5.91 Å². The third kappa shape index (κ3) is 4.87. The van der Waals surface area contributed by atoms with Crippen LogP contribution in [-0.4, -0.2) is 19.2 Å². The molecule has 1 aliphatic heterocycles. The Bertz CT molecular complexity index is 1190. The smallest absolute Gasteiger partial charge is 0.332 e. The van der Waals surface area contributed by atoms with Crippen molar-refractivity contribution in [1.82, 2.24) is 4.90 Å². The molecule has 3 aromatic rings. The van der Waals surface area contributed by atoms with Crippen LogP contribution < -0.4 is 0 Å². The Morgan fingerprint density at radius 3 is 2.13 bits per heavy atom. The van der Waals surface area contributed by atoms with Gasteiger partial charge in [-0.05, 0) is 40.5 Å². The van der Waals surface area contributed by atoms with Crippen LogP contribution in [0.5, 0.6) is 0 Å². The molecule has 0 aromatic heterocycles. The molecule has 0 fully saturated rings. The number of amides is 1. The number of nitrogens with zero attached hydrogens (tertiary/aromatic N) is 1. The van der Waals surface area contributed by atoms with E-state index in [0.717, 1.165) is 33.3 Å². The third-order valence-electron chi connectivity index (χ3n) is 5.20. The minimum absolute atomic E-state index is 0.168. The number of fused-ring (bicyclic) bond motifs is 1. The van der Waals surface area contributed by atoms with Crippen molar-refractivity contribution in [3.8, 4) is 0 Å². The van der Waals surface area contributed by atoms with Gasteiger partial charge < -0.3 is 9.64 Å². The van der Waals surface area contributed by atoms with Crippen LogP contribution in [0.25, 0.3) is 0 Å². The van der Waals surface area contributed by atoms with Crippen LogP contribution in [0, 0.1) is 0 Å². The maximum absolute atomic E-state index is 13.4. The van der Waals surface area contributed by atoms with Crippen molar-refractivity contribution in [2.24, 2.45) is 0 Å². The zero-order chi connectivity index (χ0) is 22.0. The van der Waals surface area contributed by atoms with Gasteiger partial charge in [-0.25, -0.2) is 0 Å². The molecule has 4 rings (SSSR count). The van der Waals surface area contributed by atoms with Crippen LogP contribution >= 0.6 is 15.9 Å². The van der Waals surface area contributed by atoms with E-state index in [4.69, 9.17) is 4.74 Å². The Labute approximate surface area is 188 Å². The summed E-state index contributed by atoms with van der Waals surface area (Å²) in [6, 6.07) is 20.5. The van der Waals surface area contributed by atoms with E-state index in [9.17, 15) is 17.1 Å². The van der Waals surface area contributed by atoms with Crippen molar-refractivity contribution in [3.05, 3.63) is 99.5 Å². The Hall–Kier alpha value is -2.55. The molecule has 0 spiro atoms.